The number of hydrogen-bond acceptors (Lipinski definition) is 2. The second-order valence-corrected chi connectivity index (χ2v) is 2.04. The molecule has 0 saturated carbocycles. The monoisotopic (exact) mass is 160 g/mol. The van der Waals surface area contributed by atoms with E-state index in [-0.39, 0.29) is 40.2 Å². The molecule has 1 radical (unpaired) electrons. The van der Waals surface area contributed by atoms with Gasteiger partial charge in [0.05, 0.1) is 4.92 Å². The van der Waals surface area contributed by atoms with Gasteiger partial charge in [0.1, 0.15) is 0 Å². The first-order valence-electron chi connectivity index (χ1n) is 2.92. The van der Waals surface area contributed by atoms with Crippen molar-refractivity contribution >= 4 is 35.2 Å². The van der Waals surface area contributed by atoms with Gasteiger partial charge < -0.3 is 0 Å². The van der Waals surface area contributed by atoms with Crippen LogP contribution in [0.3, 0.4) is 0 Å². The van der Waals surface area contributed by atoms with Crippen LogP contribution in [0.5, 0.6) is 0 Å². The zero-order valence-corrected chi connectivity index (χ0v) is 8.57. The molecule has 4 heteroatoms. The molecule has 0 aromatic heterocycles. The molecule has 53 valence electrons. The Labute approximate surface area is 86.9 Å². The van der Waals surface area contributed by atoms with E-state index in [1.807, 2.05) is 0 Å². The zero-order valence-electron chi connectivity index (χ0n) is 6.57. The van der Waals surface area contributed by atoms with Gasteiger partial charge in [0, 0.05) is 41.2 Å². The Morgan fingerprint density at radius 3 is 2.27 bits per heavy atom. The van der Waals surface area contributed by atoms with Crippen molar-refractivity contribution < 1.29 is 4.92 Å². The van der Waals surface area contributed by atoms with Crippen molar-refractivity contribution in [3.8, 4) is 0 Å². The third kappa shape index (κ3) is 2.61. The summed E-state index contributed by atoms with van der Waals surface area (Å²) in [5.74, 6) is 0. The number of hydrogen-bond donors (Lipinski definition) is 0. The third-order valence-corrected chi connectivity index (χ3v) is 1.31. The fraction of sp³-hybridized carbons (Fsp3) is 0.143. The number of para-hydroxylation sites is 1. The Balaban J connectivity index is 0.000001000. The van der Waals surface area contributed by atoms with Crippen LogP contribution in [0.1, 0.15) is 5.56 Å². The summed E-state index contributed by atoms with van der Waals surface area (Å²) in [7, 11) is 0. The Morgan fingerprint density at radius 1 is 1.36 bits per heavy atom. The molecule has 0 N–H and O–H groups in total. The molecule has 0 aliphatic carbocycles. The van der Waals surface area contributed by atoms with Gasteiger partial charge in [-0.15, -0.1) is 0 Å². The first kappa shape index (κ1) is 10.6. The molecular weight excluding hydrogens is 153 g/mol. The van der Waals surface area contributed by atoms with Crippen LogP contribution in [-0.2, 0) is 0 Å². The summed E-state index contributed by atoms with van der Waals surface area (Å²) in [5.41, 5.74) is 0.884. The number of nitro benzene ring substituents is 1. The first-order chi connectivity index (χ1) is 4.72. The fourth-order valence-electron chi connectivity index (χ4n) is 0.768. The minimum atomic E-state index is -0.380. The number of benzene rings is 1. The average Bonchev–Trinajstić information content (AvgIpc) is 1.88. The van der Waals surface area contributed by atoms with E-state index in [0.717, 1.165) is 0 Å². The van der Waals surface area contributed by atoms with E-state index < -0.39 is 0 Å². The van der Waals surface area contributed by atoms with Gasteiger partial charge in [0.25, 0.3) is 5.69 Å². The van der Waals surface area contributed by atoms with Crippen molar-refractivity contribution in [2.24, 2.45) is 0 Å². The summed E-state index contributed by atoms with van der Waals surface area (Å²) < 4.78 is 0. The molecule has 1 rings (SSSR count). The van der Waals surface area contributed by atoms with E-state index in [1.165, 1.54) is 6.07 Å². The molecule has 1 aromatic carbocycles. The van der Waals surface area contributed by atoms with Crippen LogP contribution in [-0.4, -0.2) is 34.5 Å². The van der Waals surface area contributed by atoms with Crippen LogP contribution in [0, 0.1) is 17.0 Å². The van der Waals surface area contributed by atoms with Crippen molar-refractivity contribution in [1.82, 2.24) is 0 Å². The fourth-order valence-corrected chi connectivity index (χ4v) is 0.768. The SMILES string of the molecule is Cc1ccccc1[N+](=O)[O-].[Na]. The Morgan fingerprint density at radius 2 is 1.91 bits per heavy atom. The second-order valence-electron chi connectivity index (χ2n) is 2.04. The molecule has 0 bridgehead atoms. The first-order valence-corrected chi connectivity index (χ1v) is 2.92. The van der Waals surface area contributed by atoms with E-state index >= 15 is 0 Å². The standard InChI is InChI=1S/C7H7NO2.Na/c1-6-4-2-3-5-7(6)8(9)10;/h2-5H,1H3;. The molecular formula is C7H7NNaO2. The maximum Gasteiger partial charge on any atom is 0.272 e. The topological polar surface area (TPSA) is 43.1 Å². The molecule has 0 heterocycles. The second kappa shape index (κ2) is 4.49. The summed E-state index contributed by atoms with van der Waals surface area (Å²) in [5, 5.41) is 10.2. The minimum absolute atomic E-state index is 0. The van der Waals surface area contributed by atoms with E-state index in [2.05, 4.69) is 0 Å². The van der Waals surface area contributed by atoms with Gasteiger partial charge in [-0.05, 0) is 6.92 Å². The number of aryl methyl sites for hydroxylation is 1. The number of nitrogens with zero attached hydrogens (tertiary/aromatic N) is 1. The zero-order chi connectivity index (χ0) is 7.56. The summed E-state index contributed by atoms with van der Waals surface area (Å²) >= 11 is 0. The molecule has 0 amide bonds. The number of rotatable bonds is 1. The average molecular weight is 160 g/mol. The smallest absolute Gasteiger partial charge is 0.258 e. The summed E-state index contributed by atoms with van der Waals surface area (Å²) in [6.07, 6.45) is 0. The van der Waals surface area contributed by atoms with Gasteiger partial charge in [-0.25, -0.2) is 0 Å². The molecule has 0 aliphatic rings. The molecule has 0 aliphatic heterocycles. The van der Waals surface area contributed by atoms with Gasteiger partial charge in [0.2, 0.25) is 0 Å². The van der Waals surface area contributed by atoms with Crippen LogP contribution in [0.25, 0.3) is 0 Å². The normalized spacial score (nSPS) is 8.45. The maximum absolute atomic E-state index is 10.2. The van der Waals surface area contributed by atoms with Crippen molar-refractivity contribution in [2.75, 3.05) is 0 Å². The molecule has 0 atom stereocenters. The van der Waals surface area contributed by atoms with Crippen molar-refractivity contribution in [1.29, 1.82) is 0 Å². The van der Waals surface area contributed by atoms with Gasteiger partial charge in [-0.1, -0.05) is 18.2 Å². The van der Waals surface area contributed by atoms with E-state index in [9.17, 15) is 10.1 Å². The Bertz CT molecular complexity index is 262. The van der Waals surface area contributed by atoms with E-state index in [0.29, 0.717) is 5.56 Å². The van der Waals surface area contributed by atoms with Gasteiger partial charge in [0.15, 0.2) is 0 Å². The maximum atomic E-state index is 10.2. The molecule has 0 fully saturated rings. The van der Waals surface area contributed by atoms with Crippen LogP contribution in [0.15, 0.2) is 24.3 Å². The molecule has 11 heavy (non-hydrogen) atoms. The van der Waals surface area contributed by atoms with E-state index in [1.54, 1.807) is 25.1 Å². The van der Waals surface area contributed by atoms with Gasteiger partial charge in [-0.3, -0.25) is 10.1 Å². The molecule has 0 unspecified atom stereocenters. The van der Waals surface area contributed by atoms with Crippen LogP contribution in [0.2, 0.25) is 0 Å². The molecule has 1 aromatic rings. The van der Waals surface area contributed by atoms with Crippen LogP contribution in [0.4, 0.5) is 5.69 Å². The largest absolute Gasteiger partial charge is 0.272 e. The summed E-state index contributed by atoms with van der Waals surface area (Å²) in [6, 6.07) is 6.65. The van der Waals surface area contributed by atoms with Gasteiger partial charge in [-0.2, -0.15) is 0 Å². The van der Waals surface area contributed by atoms with Gasteiger partial charge >= 0.3 is 0 Å². The Kier molecular flexibility index (Phi) is 4.33. The predicted molar refractivity (Wildman–Crippen MR) is 43.6 cm³/mol. The Hall–Kier alpha value is -0.380. The van der Waals surface area contributed by atoms with Crippen molar-refractivity contribution in [2.45, 2.75) is 6.92 Å². The van der Waals surface area contributed by atoms with Crippen molar-refractivity contribution in [3.05, 3.63) is 39.9 Å². The predicted octanol–water partition coefficient (Wildman–Crippen LogP) is 1.52. The van der Waals surface area contributed by atoms with Crippen molar-refractivity contribution in [3.63, 3.8) is 0 Å². The molecule has 0 spiro atoms. The third-order valence-electron chi connectivity index (χ3n) is 1.31. The summed E-state index contributed by atoms with van der Waals surface area (Å²) in [6.45, 7) is 1.72. The summed E-state index contributed by atoms with van der Waals surface area (Å²) in [4.78, 5) is 9.85. The quantitative estimate of drug-likeness (QED) is 0.355. The van der Waals surface area contributed by atoms with Crippen LogP contribution < -0.4 is 0 Å². The molecule has 0 saturated heterocycles. The molecule has 3 nitrogen and oxygen atoms in total. The number of nitro groups is 1. The van der Waals surface area contributed by atoms with Crippen LogP contribution >= 0.6 is 0 Å². The minimum Gasteiger partial charge on any atom is -0.258 e. The van der Waals surface area contributed by atoms with E-state index in [4.69, 9.17) is 0 Å².